The Morgan fingerprint density at radius 1 is 0.930 bits per heavy atom. The lowest BCUT2D eigenvalue weighted by Gasteiger charge is -2.11. The Balaban J connectivity index is 1.53. The number of hydrogen-bond donors (Lipinski definition) is 1. The number of halogens is 10. The minimum Gasteiger partial charge on any atom is -0.326 e. The van der Waals surface area contributed by atoms with Crippen LogP contribution in [0.15, 0.2) is 60.9 Å². The van der Waals surface area contributed by atoms with E-state index in [0.29, 0.717) is 12.1 Å². The maximum Gasteiger partial charge on any atom is 0.419 e. The van der Waals surface area contributed by atoms with Gasteiger partial charge in [0.15, 0.2) is 17.4 Å². The number of carbonyl (C=O) groups is 3. The maximum absolute atomic E-state index is 14.9. The molecular weight excluding hydrogens is 650 g/mol. The first-order valence-corrected chi connectivity index (χ1v) is 13.3. The molecule has 0 radical (unpaired) electrons. The lowest BCUT2D eigenvalue weighted by molar-refractivity contribution is -0.140. The second-order valence-corrected chi connectivity index (χ2v) is 11.5. The second kappa shape index (κ2) is 11.9. The zero-order chi connectivity index (χ0) is 32.0. The summed E-state index contributed by atoms with van der Waals surface area (Å²) in [6.07, 6.45) is -6.62. The van der Waals surface area contributed by atoms with Crippen LogP contribution in [-0.4, -0.2) is 21.8 Å². The van der Waals surface area contributed by atoms with Crippen molar-refractivity contribution in [1.29, 1.82) is 0 Å². The minimum absolute atomic E-state index is 0.00468. The zero-order valence-corrected chi connectivity index (χ0v) is 23.7. The molecule has 1 aliphatic rings. The monoisotopic (exact) mass is 665 g/mol. The molecule has 0 saturated heterocycles. The van der Waals surface area contributed by atoms with Gasteiger partial charge >= 0.3 is 6.18 Å². The van der Waals surface area contributed by atoms with Crippen molar-refractivity contribution in [2.45, 2.75) is 29.3 Å². The molecule has 4 nitrogen and oxygen atoms in total. The Labute approximate surface area is 254 Å². The quantitative estimate of drug-likeness (QED) is 0.108. The van der Waals surface area contributed by atoms with Crippen molar-refractivity contribution in [1.82, 2.24) is 0 Å². The van der Waals surface area contributed by atoms with Gasteiger partial charge in [-0.05, 0) is 47.5 Å². The standard InChI is InChI=1S/C29H17Cl3F7NO3/c1-12(33)22(41)11-17-20(34)6-3-14(26(17)36)9-23(42)16-10-15(4-5-19(16)30)40-27(43)25-24(28(25,31)32)13-2-7-21(35)18(8-13)29(37,38)39/h2-8,10,24-25H,1,9,11H2,(H,40,43)/t24-,25+/m0/s1. The van der Waals surface area contributed by atoms with Crippen molar-refractivity contribution in [3.8, 4) is 0 Å². The number of allylic oxidation sites excluding steroid dienone is 1. The van der Waals surface area contributed by atoms with Crippen LogP contribution in [0.2, 0.25) is 5.02 Å². The fraction of sp³-hybridized carbons (Fsp3) is 0.207. The molecule has 226 valence electrons. The highest BCUT2D eigenvalue weighted by atomic mass is 35.5. The average Bonchev–Trinajstić information content (AvgIpc) is 3.50. The largest absolute Gasteiger partial charge is 0.419 e. The smallest absolute Gasteiger partial charge is 0.326 e. The molecule has 43 heavy (non-hydrogen) atoms. The van der Waals surface area contributed by atoms with Gasteiger partial charge in [-0.2, -0.15) is 13.2 Å². The van der Waals surface area contributed by atoms with E-state index in [1.54, 1.807) is 0 Å². The predicted molar refractivity (Wildman–Crippen MR) is 146 cm³/mol. The first-order valence-electron chi connectivity index (χ1n) is 12.1. The van der Waals surface area contributed by atoms with Gasteiger partial charge in [0.2, 0.25) is 5.91 Å². The topological polar surface area (TPSA) is 63.2 Å². The number of anilines is 1. The molecule has 0 heterocycles. The number of benzene rings is 3. The van der Waals surface area contributed by atoms with Crippen molar-refractivity contribution < 1.29 is 45.1 Å². The number of amides is 1. The molecule has 4 rings (SSSR count). The first-order chi connectivity index (χ1) is 19.9. The summed E-state index contributed by atoms with van der Waals surface area (Å²) in [5.41, 5.74) is -2.95. The van der Waals surface area contributed by atoms with Crippen LogP contribution in [-0.2, 0) is 28.6 Å². The minimum atomic E-state index is -5.00. The molecule has 1 saturated carbocycles. The van der Waals surface area contributed by atoms with E-state index in [0.717, 1.165) is 24.3 Å². The zero-order valence-electron chi connectivity index (χ0n) is 21.4. The van der Waals surface area contributed by atoms with Crippen LogP contribution in [0, 0.1) is 23.4 Å². The van der Waals surface area contributed by atoms with Crippen molar-refractivity contribution >= 4 is 58.0 Å². The summed E-state index contributed by atoms with van der Waals surface area (Å²) in [4.78, 5) is 37.6. The Hall–Kier alpha value is -3.41. The van der Waals surface area contributed by atoms with E-state index in [2.05, 4.69) is 11.9 Å². The number of nitrogens with one attached hydrogen (secondary N) is 1. The molecule has 0 bridgehead atoms. The summed E-state index contributed by atoms with van der Waals surface area (Å²) >= 11 is 18.5. The fourth-order valence-electron chi connectivity index (χ4n) is 4.53. The highest BCUT2D eigenvalue weighted by molar-refractivity contribution is 6.53. The second-order valence-electron chi connectivity index (χ2n) is 9.65. The molecule has 1 fully saturated rings. The summed E-state index contributed by atoms with van der Waals surface area (Å²) in [6.45, 7) is 2.79. The Morgan fingerprint density at radius 3 is 2.21 bits per heavy atom. The Morgan fingerprint density at radius 2 is 1.58 bits per heavy atom. The molecule has 3 aromatic rings. The molecule has 2 atom stereocenters. The molecule has 0 aromatic heterocycles. The Kier molecular flexibility index (Phi) is 9.02. The average molecular weight is 667 g/mol. The van der Waals surface area contributed by atoms with Crippen LogP contribution in [0.25, 0.3) is 0 Å². The number of rotatable bonds is 9. The number of Topliss-reactive ketones (excluding diaryl/α,β-unsaturated/α-hetero) is 2. The van der Waals surface area contributed by atoms with E-state index in [9.17, 15) is 45.1 Å². The summed E-state index contributed by atoms with van der Waals surface area (Å²) in [6, 6.07) is 7.59. The summed E-state index contributed by atoms with van der Waals surface area (Å²) in [7, 11) is 0. The van der Waals surface area contributed by atoms with Gasteiger partial charge in [-0.3, -0.25) is 14.4 Å². The lowest BCUT2D eigenvalue weighted by Crippen LogP contribution is -2.18. The maximum atomic E-state index is 14.9. The predicted octanol–water partition coefficient (Wildman–Crippen LogP) is 8.32. The molecule has 3 aromatic carbocycles. The number of alkyl halides is 5. The molecule has 0 aliphatic heterocycles. The number of carbonyl (C=O) groups excluding carboxylic acids is 3. The van der Waals surface area contributed by atoms with Crippen LogP contribution < -0.4 is 5.32 Å². The summed E-state index contributed by atoms with van der Waals surface area (Å²) in [5.74, 6) is -10.5. The highest BCUT2D eigenvalue weighted by Crippen LogP contribution is 2.65. The van der Waals surface area contributed by atoms with Gasteiger partial charge < -0.3 is 5.32 Å². The van der Waals surface area contributed by atoms with Gasteiger partial charge in [-0.1, -0.05) is 30.3 Å². The van der Waals surface area contributed by atoms with Crippen LogP contribution in [0.3, 0.4) is 0 Å². The third kappa shape index (κ3) is 6.73. The SMILES string of the molecule is C=C(F)C(=O)Cc1c(F)ccc(CC(=O)c2cc(NC(=O)[C@H]3[C@H](c4ccc(F)c(C(F)(F)F)c4)C3(Cl)Cl)ccc2Cl)c1F. The highest BCUT2D eigenvalue weighted by Gasteiger charge is 2.67. The molecular formula is C29H17Cl3F7NO3. The van der Waals surface area contributed by atoms with E-state index in [1.807, 2.05) is 0 Å². The van der Waals surface area contributed by atoms with Crippen molar-refractivity contribution in [2.24, 2.45) is 5.92 Å². The fourth-order valence-corrected chi connectivity index (χ4v) is 5.58. The van der Waals surface area contributed by atoms with Gasteiger partial charge in [0.25, 0.3) is 0 Å². The van der Waals surface area contributed by atoms with Crippen molar-refractivity contribution in [3.63, 3.8) is 0 Å². The van der Waals surface area contributed by atoms with E-state index in [4.69, 9.17) is 34.8 Å². The number of hydrogen-bond acceptors (Lipinski definition) is 3. The third-order valence-corrected chi connectivity index (χ3v) is 8.05. The summed E-state index contributed by atoms with van der Waals surface area (Å²) < 4.78 is 93.5. The van der Waals surface area contributed by atoms with Crippen molar-refractivity contribution in [3.05, 3.63) is 111 Å². The molecule has 0 unspecified atom stereocenters. The Bertz CT molecular complexity index is 1670. The van der Waals surface area contributed by atoms with Crippen LogP contribution in [0.5, 0.6) is 0 Å². The van der Waals surface area contributed by atoms with E-state index in [1.165, 1.54) is 12.1 Å². The van der Waals surface area contributed by atoms with Gasteiger partial charge in [0.1, 0.15) is 21.8 Å². The molecule has 0 spiro atoms. The number of ketones is 2. The van der Waals surface area contributed by atoms with Crippen LogP contribution >= 0.6 is 34.8 Å². The van der Waals surface area contributed by atoms with Crippen LogP contribution in [0.1, 0.15) is 38.5 Å². The van der Waals surface area contributed by atoms with E-state index >= 15 is 0 Å². The van der Waals surface area contributed by atoms with Gasteiger partial charge in [-0.25, -0.2) is 17.6 Å². The van der Waals surface area contributed by atoms with E-state index in [-0.39, 0.29) is 27.4 Å². The van der Waals surface area contributed by atoms with Crippen LogP contribution in [0.4, 0.5) is 36.4 Å². The molecule has 1 N–H and O–H groups in total. The van der Waals surface area contributed by atoms with Gasteiger partial charge in [-0.15, -0.1) is 23.2 Å². The normalized spacial score (nSPS) is 17.3. The third-order valence-electron chi connectivity index (χ3n) is 6.78. The molecule has 14 heteroatoms. The van der Waals surface area contributed by atoms with E-state index < -0.39 is 87.1 Å². The summed E-state index contributed by atoms with van der Waals surface area (Å²) in [5, 5.41) is 2.34. The van der Waals surface area contributed by atoms with Crippen molar-refractivity contribution in [2.75, 3.05) is 5.32 Å². The molecule has 1 amide bonds. The van der Waals surface area contributed by atoms with Gasteiger partial charge in [0, 0.05) is 35.6 Å². The molecule has 1 aliphatic carbocycles. The first kappa shape index (κ1) is 32.5. The lowest BCUT2D eigenvalue weighted by atomic mass is 9.98. The van der Waals surface area contributed by atoms with Gasteiger partial charge in [0.05, 0.1) is 16.5 Å².